The molecule has 0 aliphatic carbocycles. The average molecular weight is 226 g/mol. The summed E-state index contributed by atoms with van der Waals surface area (Å²) in [5.74, 6) is -0.845. The van der Waals surface area contributed by atoms with Gasteiger partial charge in [-0.1, -0.05) is 12.1 Å². The first kappa shape index (κ1) is 12.3. The maximum atomic E-state index is 11.1. The first-order chi connectivity index (χ1) is 7.52. The van der Waals surface area contributed by atoms with Crippen LogP contribution in [-0.2, 0) is 9.53 Å². The normalized spacial score (nSPS) is 12.0. The molecule has 1 unspecified atom stereocenters. The number of ether oxygens (including phenoxy) is 2. The third-order valence-electron chi connectivity index (χ3n) is 2.28. The van der Waals surface area contributed by atoms with Gasteiger partial charge in [0.05, 0.1) is 14.2 Å². The van der Waals surface area contributed by atoms with Crippen LogP contribution >= 0.6 is 0 Å². The Balaban J connectivity index is 3.20. The third kappa shape index (κ3) is 2.09. The van der Waals surface area contributed by atoms with Crippen LogP contribution in [0.15, 0.2) is 12.1 Å². The summed E-state index contributed by atoms with van der Waals surface area (Å²) in [5.41, 5.74) is 0.773. The number of phenols is 1. The predicted octanol–water partition coefficient (Wildman–Crippen LogP) is 0.916. The van der Waals surface area contributed by atoms with Crippen LogP contribution in [0.1, 0.15) is 17.2 Å². The Kier molecular flexibility index (Phi) is 3.73. The molecule has 0 heterocycles. The van der Waals surface area contributed by atoms with Crippen molar-refractivity contribution in [3.63, 3.8) is 0 Å². The van der Waals surface area contributed by atoms with Gasteiger partial charge in [0, 0.05) is 5.56 Å². The van der Waals surface area contributed by atoms with Gasteiger partial charge < -0.3 is 19.7 Å². The standard InChI is InChI=1S/C11H14O5/c1-6-4-5-7(8(12)10(6)15-2)9(13)11(14)16-3/h4-5,9,12-13H,1-3H3. The van der Waals surface area contributed by atoms with Crippen molar-refractivity contribution >= 4 is 5.97 Å². The van der Waals surface area contributed by atoms with Crippen molar-refractivity contribution in [1.82, 2.24) is 0 Å². The zero-order chi connectivity index (χ0) is 12.3. The summed E-state index contributed by atoms with van der Waals surface area (Å²) >= 11 is 0. The van der Waals surface area contributed by atoms with Gasteiger partial charge >= 0.3 is 5.97 Å². The quantitative estimate of drug-likeness (QED) is 0.749. The van der Waals surface area contributed by atoms with Crippen molar-refractivity contribution < 1.29 is 24.5 Å². The van der Waals surface area contributed by atoms with Crippen molar-refractivity contribution in [3.05, 3.63) is 23.3 Å². The van der Waals surface area contributed by atoms with Crippen LogP contribution in [0.4, 0.5) is 0 Å². The molecule has 0 aromatic heterocycles. The number of aromatic hydroxyl groups is 1. The van der Waals surface area contributed by atoms with Crippen LogP contribution in [0.2, 0.25) is 0 Å². The number of hydrogen-bond acceptors (Lipinski definition) is 5. The maximum Gasteiger partial charge on any atom is 0.339 e. The summed E-state index contributed by atoms with van der Waals surface area (Å²) in [6.07, 6.45) is -1.51. The molecule has 16 heavy (non-hydrogen) atoms. The number of hydrogen-bond donors (Lipinski definition) is 2. The number of methoxy groups -OCH3 is 2. The van der Waals surface area contributed by atoms with E-state index in [0.29, 0.717) is 5.56 Å². The molecule has 0 bridgehead atoms. The fraction of sp³-hybridized carbons (Fsp3) is 0.364. The maximum absolute atomic E-state index is 11.1. The van der Waals surface area contributed by atoms with Crippen molar-refractivity contribution in [2.45, 2.75) is 13.0 Å². The van der Waals surface area contributed by atoms with E-state index in [4.69, 9.17) is 4.74 Å². The molecular weight excluding hydrogens is 212 g/mol. The van der Waals surface area contributed by atoms with Gasteiger partial charge in [0.1, 0.15) is 0 Å². The highest BCUT2D eigenvalue weighted by molar-refractivity contribution is 5.77. The van der Waals surface area contributed by atoms with Gasteiger partial charge in [-0.2, -0.15) is 0 Å². The van der Waals surface area contributed by atoms with Crippen LogP contribution in [-0.4, -0.2) is 30.4 Å². The second kappa shape index (κ2) is 4.85. The van der Waals surface area contributed by atoms with E-state index in [2.05, 4.69) is 4.74 Å². The molecule has 1 rings (SSSR count). The van der Waals surface area contributed by atoms with E-state index in [-0.39, 0.29) is 17.1 Å². The molecule has 1 aromatic rings. The molecular formula is C11H14O5. The second-order valence-corrected chi connectivity index (χ2v) is 3.28. The third-order valence-corrected chi connectivity index (χ3v) is 2.28. The number of aliphatic hydroxyl groups excluding tert-OH is 1. The minimum absolute atomic E-state index is 0.0642. The second-order valence-electron chi connectivity index (χ2n) is 3.28. The molecule has 88 valence electrons. The summed E-state index contributed by atoms with van der Waals surface area (Å²) in [7, 11) is 2.56. The molecule has 0 fully saturated rings. The number of carbonyl (C=O) groups excluding carboxylic acids is 1. The van der Waals surface area contributed by atoms with E-state index in [9.17, 15) is 15.0 Å². The first-order valence-corrected chi connectivity index (χ1v) is 4.65. The van der Waals surface area contributed by atoms with E-state index >= 15 is 0 Å². The molecule has 2 N–H and O–H groups in total. The summed E-state index contributed by atoms with van der Waals surface area (Å²) in [6, 6.07) is 3.09. The van der Waals surface area contributed by atoms with E-state index in [1.807, 2.05) is 0 Å². The van der Waals surface area contributed by atoms with Gasteiger partial charge in [-0.05, 0) is 12.5 Å². The fourth-order valence-corrected chi connectivity index (χ4v) is 1.40. The van der Waals surface area contributed by atoms with Gasteiger partial charge in [-0.15, -0.1) is 0 Å². The Morgan fingerprint density at radius 1 is 1.38 bits per heavy atom. The Morgan fingerprint density at radius 2 is 2.00 bits per heavy atom. The topological polar surface area (TPSA) is 76.0 Å². The van der Waals surface area contributed by atoms with Crippen LogP contribution in [0, 0.1) is 6.92 Å². The van der Waals surface area contributed by atoms with Crippen LogP contribution < -0.4 is 4.74 Å². The molecule has 0 radical (unpaired) electrons. The van der Waals surface area contributed by atoms with Gasteiger partial charge in [0.15, 0.2) is 17.6 Å². The Morgan fingerprint density at radius 3 is 2.50 bits per heavy atom. The smallest absolute Gasteiger partial charge is 0.339 e. The first-order valence-electron chi connectivity index (χ1n) is 4.65. The Bertz CT molecular complexity index is 400. The molecule has 0 aliphatic heterocycles. The lowest BCUT2D eigenvalue weighted by Gasteiger charge is -2.14. The number of benzene rings is 1. The fourth-order valence-electron chi connectivity index (χ4n) is 1.40. The molecule has 0 saturated carbocycles. The van der Waals surface area contributed by atoms with E-state index in [1.165, 1.54) is 13.2 Å². The number of phenolic OH excluding ortho intramolecular Hbond substituents is 1. The van der Waals surface area contributed by atoms with Crippen molar-refractivity contribution in [2.75, 3.05) is 14.2 Å². The lowest BCUT2D eigenvalue weighted by molar-refractivity contribution is -0.150. The zero-order valence-electron chi connectivity index (χ0n) is 9.35. The van der Waals surface area contributed by atoms with E-state index in [1.54, 1.807) is 13.0 Å². The van der Waals surface area contributed by atoms with Gasteiger partial charge in [0.25, 0.3) is 0 Å². The van der Waals surface area contributed by atoms with Crippen LogP contribution in [0.3, 0.4) is 0 Å². The number of rotatable bonds is 3. The number of esters is 1. The summed E-state index contributed by atoms with van der Waals surface area (Å²) < 4.78 is 9.35. The van der Waals surface area contributed by atoms with Gasteiger partial charge in [0.2, 0.25) is 0 Å². The average Bonchev–Trinajstić information content (AvgIpc) is 2.28. The molecule has 1 aromatic carbocycles. The SMILES string of the molecule is COC(=O)C(O)c1ccc(C)c(OC)c1O. The monoisotopic (exact) mass is 226 g/mol. The lowest BCUT2D eigenvalue weighted by atomic mass is 10.0. The Hall–Kier alpha value is -1.75. The number of aryl methyl sites for hydroxylation is 1. The molecule has 1 atom stereocenters. The molecule has 5 heteroatoms. The van der Waals surface area contributed by atoms with Crippen molar-refractivity contribution in [2.24, 2.45) is 0 Å². The number of aliphatic hydroxyl groups is 1. The highest BCUT2D eigenvalue weighted by Gasteiger charge is 2.23. The summed E-state index contributed by atoms with van der Waals surface area (Å²) in [5, 5.41) is 19.4. The van der Waals surface area contributed by atoms with Crippen molar-refractivity contribution in [3.8, 4) is 11.5 Å². The zero-order valence-corrected chi connectivity index (χ0v) is 9.35. The van der Waals surface area contributed by atoms with Crippen LogP contribution in [0.25, 0.3) is 0 Å². The number of carbonyl (C=O) groups is 1. The summed E-state index contributed by atoms with van der Waals surface area (Å²) in [4.78, 5) is 11.1. The largest absolute Gasteiger partial charge is 0.504 e. The Labute approximate surface area is 93.2 Å². The molecule has 0 amide bonds. The molecule has 0 saturated heterocycles. The van der Waals surface area contributed by atoms with Gasteiger partial charge in [-0.3, -0.25) is 0 Å². The van der Waals surface area contributed by atoms with Crippen LogP contribution in [0.5, 0.6) is 11.5 Å². The highest BCUT2D eigenvalue weighted by Crippen LogP contribution is 2.36. The predicted molar refractivity (Wildman–Crippen MR) is 56.4 cm³/mol. The summed E-state index contributed by atoms with van der Waals surface area (Å²) in [6.45, 7) is 1.74. The molecule has 0 spiro atoms. The minimum atomic E-state index is -1.51. The molecule has 5 nitrogen and oxygen atoms in total. The lowest BCUT2D eigenvalue weighted by Crippen LogP contribution is -2.13. The minimum Gasteiger partial charge on any atom is -0.504 e. The van der Waals surface area contributed by atoms with Crippen molar-refractivity contribution in [1.29, 1.82) is 0 Å². The van der Waals surface area contributed by atoms with Gasteiger partial charge in [-0.25, -0.2) is 4.79 Å². The van der Waals surface area contributed by atoms with E-state index < -0.39 is 12.1 Å². The van der Waals surface area contributed by atoms with E-state index in [0.717, 1.165) is 7.11 Å². The molecule has 0 aliphatic rings. The highest BCUT2D eigenvalue weighted by atomic mass is 16.5.